The molecule has 8 heteroatoms. The summed E-state index contributed by atoms with van der Waals surface area (Å²) in [5.74, 6) is 0.336. The lowest BCUT2D eigenvalue weighted by Gasteiger charge is -2.35. The van der Waals surface area contributed by atoms with Crippen molar-refractivity contribution in [2.75, 3.05) is 42.5 Å². The van der Waals surface area contributed by atoms with Crippen molar-refractivity contribution in [3.05, 3.63) is 53.1 Å². The quantitative estimate of drug-likeness (QED) is 0.701. The normalized spacial score (nSPS) is 19.9. The van der Waals surface area contributed by atoms with Crippen molar-refractivity contribution in [2.45, 2.75) is 30.6 Å². The zero-order chi connectivity index (χ0) is 21.6. The van der Waals surface area contributed by atoms with Gasteiger partial charge in [0, 0.05) is 55.0 Å². The number of benzene rings is 2. The Morgan fingerprint density at radius 3 is 2.42 bits per heavy atom. The Hall–Kier alpha value is -2.09. The molecule has 0 aromatic heterocycles. The highest BCUT2D eigenvalue weighted by Gasteiger charge is 2.35. The largest absolute Gasteiger partial charge is 0.369 e. The van der Waals surface area contributed by atoms with Crippen molar-refractivity contribution >= 4 is 38.9 Å². The highest BCUT2D eigenvalue weighted by molar-refractivity contribution is 7.89. The molecular weight excluding hydrogens is 434 g/mol. The highest BCUT2D eigenvalue weighted by Crippen LogP contribution is 2.36. The second kappa shape index (κ2) is 8.11. The molecule has 1 aliphatic carbocycles. The standard InChI is InChI=1S/C23H26ClN3O3S/c24-19-5-2-6-20(16-19)25-11-13-26(14-12-25)31(29,30)21-7-8-22-18(15-21)9-10-27(22)23(28)17-3-1-4-17/h2,5-8,15-17H,1,3-4,9-14H2. The minimum atomic E-state index is -3.57. The molecule has 1 saturated heterocycles. The summed E-state index contributed by atoms with van der Waals surface area (Å²) in [6.07, 6.45) is 3.77. The first-order valence-corrected chi connectivity index (χ1v) is 12.7. The van der Waals surface area contributed by atoms with Gasteiger partial charge in [-0.25, -0.2) is 8.42 Å². The third kappa shape index (κ3) is 3.83. The molecule has 0 N–H and O–H groups in total. The number of nitrogens with zero attached hydrogens (tertiary/aromatic N) is 3. The summed E-state index contributed by atoms with van der Waals surface area (Å²) in [5, 5.41) is 0.676. The van der Waals surface area contributed by atoms with Gasteiger partial charge >= 0.3 is 0 Å². The molecule has 1 amide bonds. The van der Waals surface area contributed by atoms with Gasteiger partial charge < -0.3 is 9.80 Å². The number of hydrogen-bond acceptors (Lipinski definition) is 4. The molecule has 31 heavy (non-hydrogen) atoms. The van der Waals surface area contributed by atoms with Crippen LogP contribution in [0.2, 0.25) is 5.02 Å². The van der Waals surface area contributed by atoms with Crippen molar-refractivity contribution in [1.82, 2.24) is 4.31 Å². The molecule has 6 nitrogen and oxygen atoms in total. The second-order valence-electron chi connectivity index (χ2n) is 8.53. The van der Waals surface area contributed by atoms with E-state index in [0.717, 1.165) is 36.2 Å². The zero-order valence-electron chi connectivity index (χ0n) is 17.3. The van der Waals surface area contributed by atoms with E-state index in [1.807, 2.05) is 35.2 Å². The van der Waals surface area contributed by atoms with Crippen LogP contribution in [0, 0.1) is 5.92 Å². The van der Waals surface area contributed by atoms with Crippen LogP contribution < -0.4 is 9.80 Å². The van der Waals surface area contributed by atoms with Crippen LogP contribution in [0.1, 0.15) is 24.8 Å². The number of fused-ring (bicyclic) bond motifs is 1. The van der Waals surface area contributed by atoms with E-state index in [2.05, 4.69) is 4.90 Å². The Balaban J connectivity index is 1.30. The molecule has 2 aliphatic heterocycles. The van der Waals surface area contributed by atoms with Crippen molar-refractivity contribution in [3.63, 3.8) is 0 Å². The molecular formula is C23H26ClN3O3S. The first-order chi connectivity index (χ1) is 14.9. The average molecular weight is 460 g/mol. The smallest absolute Gasteiger partial charge is 0.243 e. The molecule has 0 unspecified atom stereocenters. The Kier molecular flexibility index (Phi) is 5.44. The number of hydrogen-bond donors (Lipinski definition) is 0. The molecule has 0 bridgehead atoms. The Morgan fingerprint density at radius 2 is 1.74 bits per heavy atom. The van der Waals surface area contributed by atoms with E-state index in [1.54, 1.807) is 16.4 Å². The fraction of sp³-hybridized carbons (Fsp3) is 0.435. The SMILES string of the molecule is O=C(C1CCC1)N1CCc2cc(S(=O)(=O)N3CCN(c4cccc(Cl)c4)CC3)ccc21. The van der Waals surface area contributed by atoms with E-state index in [4.69, 9.17) is 11.6 Å². The lowest BCUT2D eigenvalue weighted by atomic mass is 9.84. The van der Waals surface area contributed by atoms with Crippen molar-refractivity contribution in [2.24, 2.45) is 5.92 Å². The van der Waals surface area contributed by atoms with Crippen LogP contribution in [0.4, 0.5) is 11.4 Å². The maximum Gasteiger partial charge on any atom is 0.243 e. The summed E-state index contributed by atoms with van der Waals surface area (Å²) in [6.45, 7) is 2.74. The van der Waals surface area contributed by atoms with Gasteiger partial charge in [0.15, 0.2) is 0 Å². The van der Waals surface area contributed by atoms with E-state index in [9.17, 15) is 13.2 Å². The van der Waals surface area contributed by atoms with E-state index in [-0.39, 0.29) is 11.8 Å². The number of piperazine rings is 1. The van der Waals surface area contributed by atoms with Gasteiger partial charge in [0.2, 0.25) is 15.9 Å². The molecule has 2 fully saturated rings. The van der Waals surface area contributed by atoms with Gasteiger partial charge in [-0.1, -0.05) is 24.1 Å². The van der Waals surface area contributed by atoms with Crippen molar-refractivity contribution in [3.8, 4) is 0 Å². The van der Waals surface area contributed by atoms with Crippen molar-refractivity contribution in [1.29, 1.82) is 0 Å². The first kappa shape index (κ1) is 20.8. The Morgan fingerprint density at radius 1 is 0.968 bits per heavy atom. The highest BCUT2D eigenvalue weighted by atomic mass is 35.5. The fourth-order valence-electron chi connectivity index (χ4n) is 4.65. The van der Waals surface area contributed by atoms with E-state index in [0.29, 0.717) is 49.1 Å². The molecule has 0 radical (unpaired) electrons. The third-order valence-corrected chi connectivity index (χ3v) is 8.85. The Labute approximate surface area is 188 Å². The topological polar surface area (TPSA) is 60.9 Å². The maximum absolute atomic E-state index is 13.3. The van der Waals surface area contributed by atoms with Gasteiger partial charge in [0.05, 0.1) is 4.90 Å². The molecule has 2 aromatic rings. The predicted molar refractivity (Wildman–Crippen MR) is 122 cm³/mol. The van der Waals surface area contributed by atoms with Crippen LogP contribution in [-0.4, -0.2) is 51.4 Å². The van der Waals surface area contributed by atoms with Crippen molar-refractivity contribution < 1.29 is 13.2 Å². The first-order valence-electron chi connectivity index (χ1n) is 10.9. The number of carbonyl (C=O) groups is 1. The number of sulfonamides is 1. The van der Waals surface area contributed by atoms with Gasteiger partial charge in [-0.2, -0.15) is 4.31 Å². The summed E-state index contributed by atoms with van der Waals surface area (Å²) < 4.78 is 28.1. The molecule has 0 atom stereocenters. The Bertz CT molecular complexity index is 1110. The van der Waals surface area contributed by atoms with Gasteiger partial charge in [-0.05, 0) is 61.2 Å². The predicted octanol–water partition coefficient (Wildman–Crippen LogP) is 3.54. The second-order valence-corrected chi connectivity index (χ2v) is 10.9. The number of amides is 1. The van der Waals surface area contributed by atoms with Crippen LogP contribution >= 0.6 is 11.6 Å². The number of rotatable bonds is 4. The van der Waals surface area contributed by atoms with Crippen LogP contribution in [-0.2, 0) is 21.2 Å². The summed E-state index contributed by atoms with van der Waals surface area (Å²) in [4.78, 5) is 17.0. The third-order valence-electron chi connectivity index (χ3n) is 6.72. The summed E-state index contributed by atoms with van der Waals surface area (Å²) in [7, 11) is -3.57. The molecule has 3 aliphatic rings. The van der Waals surface area contributed by atoms with Crippen LogP contribution in [0.3, 0.4) is 0 Å². The molecule has 164 valence electrons. The van der Waals surface area contributed by atoms with Gasteiger partial charge in [0.25, 0.3) is 0 Å². The van der Waals surface area contributed by atoms with E-state index >= 15 is 0 Å². The van der Waals surface area contributed by atoms with Crippen LogP contribution in [0.5, 0.6) is 0 Å². The maximum atomic E-state index is 13.3. The lowest BCUT2D eigenvalue weighted by Crippen LogP contribution is -2.48. The lowest BCUT2D eigenvalue weighted by molar-refractivity contribution is -0.124. The summed E-state index contributed by atoms with van der Waals surface area (Å²) in [6, 6.07) is 12.9. The number of carbonyl (C=O) groups excluding carboxylic acids is 1. The molecule has 0 spiro atoms. The minimum absolute atomic E-state index is 0.144. The zero-order valence-corrected chi connectivity index (χ0v) is 18.9. The van der Waals surface area contributed by atoms with Gasteiger partial charge in [-0.3, -0.25) is 4.79 Å². The van der Waals surface area contributed by atoms with Gasteiger partial charge in [0.1, 0.15) is 0 Å². The molecule has 1 saturated carbocycles. The number of anilines is 2. The average Bonchev–Trinajstić information content (AvgIpc) is 3.16. The number of halogens is 1. The molecule has 5 rings (SSSR count). The fourth-order valence-corrected chi connectivity index (χ4v) is 6.31. The summed E-state index contributed by atoms with van der Waals surface area (Å²) >= 11 is 6.09. The molecule has 2 aromatic carbocycles. The monoisotopic (exact) mass is 459 g/mol. The van der Waals surface area contributed by atoms with Gasteiger partial charge in [-0.15, -0.1) is 0 Å². The van der Waals surface area contributed by atoms with Crippen LogP contribution in [0.25, 0.3) is 0 Å². The minimum Gasteiger partial charge on any atom is -0.369 e. The van der Waals surface area contributed by atoms with E-state index < -0.39 is 10.0 Å². The molecule has 2 heterocycles. The van der Waals surface area contributed by atoms with E-state index in [1.165, 1.54) is 0 Å². The summed E-state index contributed by atoms with van der Waals surface area (Å²) in [5.41, 5.74) is 2.84. The van der Waals surface area contributed by atoms with Crippen LogP contribution in [0.15, 0.2) is 47.4 Å².